The Labute approximate surface area is 58.9 Å². The number of rotatable bonds is 1. The van der Waals surface area contributed by atoms with Crippen LogP contribution in [-0.4, -0.2) is 12.0 Å². The van der Waals surface area contributed by atoms with E-state index in [0.29, 0.717) is 18.6 Å². The minimum Gasteiger partial charge on any atom is -0.300 e. The number of hydrogen-bond donors (Lipinski definition) is 0. The van der Waals surface area contributed by atoms with Gasteiger partial charge in [-0.05, 0) is 18.8 Å². The van der Waals surface area contributed by atoms with Crippen LogP contribution in [0.3, 0.4) is 0 Å². The minimum absolute atomic E-state index is 0.116. The fourth-order valence-electron chi connectivity index (χ4n) is 1.97. The summed E-state index contributed by atoms with van der Waals surface area (Å²) in [5.41, 5.74) is -1.51. The van der Waals surface area contributed by atoms with Gasteiger partial charge in [0, 0.05) is 5.92 Å². The lowest BCUT2D eigenvalue weighted by Crippen LogP contribution is -2.29. The highest BCUT2D eigenvalue weighted by Gasteiger charge is 2.48. The standard InChI is InChI=1S/C8H9FO/c9-8(5-10)4-6-1-2-7(8)3-6/h1-2,5-7H,3-4H2/t6-,7-,8-/m0/s1. The summed E-state index contributed by atoms with van der Waals surface area (Å²) < 4.78 is 13.3. The molecule has 3 atom stereocenters. The molecule has 2 aliphatic carbocycles. The topological polar surface area (TPSA) is 17.1 Å². The molecule has 2 aliphatic rings. The molecule has 2 heteroatoms. The van der Waals surface area contributed by atoms with Crippen LogP contribution in [0, 0.1) is 11.8 Å². The number of fused-ring (bicyclic) bond motifs is 2. The summed E-state index contributed by atoms with van der Waals surface area (Å²) in [5.74, 6) is 0.218. The Bertz CT molecular complexity index is 199. The second-order valence-electron chi connectivity index (χ2n) is 3.24. The van der Waals surface area contributed by atoms with Crippen molar-refractivity contribution in [3.05, 3.63) is 12.2 Å². The zero-order valence-corrected chi connectivity index (χ0v) is 5.59. The van der Waals surface area contributed by atoms with Crippen molar-refractivity contribution in [2.45, 2.75) is 18.5 Å². The summed E-state index contributed by atoms with van der Waals surface area (Å²) in [5, 5.41) is 0. The number of allylic oxidation sites excluding steroid dienone is 2. The normalized spacial score (nSPS) is 50.1. The van der Waals surface area contributed by atoms with E-state index in [4.69, 9.17) is 0 Å². The Balaban J connectivity index is 2.30. The van der Waals surface area contributed by atoms with E-state index in [9.17, 15) is 9.18 Å². The predicted octanol–water partition coefficient (Wildman–Crippen LogP) is 1.49. The van der Waals surface area contributed by atoms with Gasteiger partial charge in [0.05, 0.1) is 0 Å². The molecule has 0 aliphatic heterocycles. The van der Waals surface area contributed by atoms with Crippen LogP contribution < -0.4 is 0 Å². The third kappa shape index (κ3) is 0.591. The molecular weight excluding hydrogens is 131 g/mol. The van der Waals surface area contributed by atoms with E-state index in [-0.39, 0.29) is 5.92 Å². The van der Waals surface area contributed by atoms with Crippen LogP contribution in [0.25, 0.3) is 0 Å². The largest absolute Gasteiger partial charge is 0.300 e. The van der Waals surface area contributed by atoms with Gasteiger partial charge in [0.15, 0.2) is 12.0 Å². The maximum absolute atomic E-state index is 13.3. The van der Waals surface area contributed by atoms with Crippen molar-refractivity contribution in [1.82, 2.24) is 0 Å². The van der Waals surface area contributed by atoms with Crippen LogP contribution in [0.2, 0.25) is 0 Å². The number of carbonyl (C=O) groups excluding carboxylic acids is 1. The summed E-state index contributed by atoms with van der Waals surface area (Å²) in [6.45, 7) is 0. The predicted molar refractivity (Wildman–Crippen MR) is 35.3 cm³/mol. The minimum atomic E-state index is -1.51. The molecule has 1 nitrogen and oxygen atoms in total. The second-order valence-corrected chi connectivity index (χ2v) is 3.24. The molecule has 2 rings (SSSR count). The molecular formula is C8H9FO. The Morgan fingerprint density at radius 3 is 2.70 bits per heavy atom. The van der Waals surface area contributed by atoms with E-state index < -0.39 is 5.67 Å². The van der Waals surface area contributed by atoms with Gasteiger partial charge < -0.3 is 0 Å². The first kappa shape index (κ1) is 6.08. The Hall–Kier alpha value is -0.660. The molecule has 0 aromatic rings. The maximum Gasteiger partial charge on any atom is 0.172 e. The first-order valence-corrected chi connectivity index (χ1v) is 3.58. The summed E-state index contributed by atoms with van der Waals surface area (Å²) >= 11 is 0. The molecule has 1 fully saturated rings. The average molecular weight is 140 g/mol. The van der Waals surface area contributed by atoms with Crippen molar-refractivity contribution < 1.29 is 9.18 Å². The molecule has 0 radical (unpaired) electrons. The van der Waals surface area contributed by atoms with Crippen molar-refractivity contribution in [1.29, 1.82) is 0 Å². The van der Waals surface area contributed by atoms with Crippen molar-refractivity contribution in [2.75, 3.05) is 0 Å². The highest BCUT2D eigenvalue weighted by molar-refractivity contribution is 5.65. The first-order valence-electron chi connectivity index (χ1n) is 3.58. The molecule has 1 saturated carbocycles. The Kier molecular flexibility index (Phi) is 1.02. The number of aldehydes is 1. The third-order valence-electron chi connectivity index (χ3n) is 2.56. The molecule has 0 amide bonds. The smallest absolute Gasteiger partial charge is 0.172 e. The zero-order chi connectivity index (χ0) is 7.19. The summed E-state index contributed by atoms with van der Waals surface area (Å²) in [6.07, 6.45) is 5.59. The van der Waals surface area contributed by atoms with Gasteiger partial charge in [-0.1, -0.05) is 12.2 Å². The molecule has 10 heavy (non-hydrogen) atoms. The summed E-state index contributed by atoms with van der Waals surface area (Å²) in [6, 6.07) is 0. The second kappa shape index (κ2) is 1.68. The number of hydrogen-bond acceptors (Lipinski definition) is 1. The molecule has 0 heterocycles. The van der Waals surface area contributed by atoms with Crippen molar-refractivity contribution in [2.24, 2.45) is 11.8 Å². The monoisotopic (exact) mass is 140 g/mol. The lowest BCUT2D eigenvalue weighted by atomic mass is 9.92. The molecule has 0 spiro atoms. The number of carbonyl (C=O) groups is 1. The number of alkyl halides is 1. The van der Waals surface area contributed by atoms with Gasteiger partial charge in [0.1, 0.15) is 0 Å². The van der Waals surface area contributed by atoms with Gasteiger partial charge >= 0.3 is 0 Å². The molecule has 0 aromatic heterocycles. The lowest BCUT2D eigenvalue weighted by Gasteiger charge is -2.19. The fraction of sp³-hybridized carbons (Fsp3) is 0.625. The van der Waals surface area contributed by atoms with Crippen molar-refractivity contribution in [3.63, 3.8) is 0 Å². The SMILES string of the molecule is O=C[C@@]1(F)C[C@H]2C=C[C@H]1C2. The summed E-state index contributed by atoms with van der Waals surface area (Å²) in [4.78, 5) is 10.3. The van der Waals surface area contributed by atoms with Gasteiger partial charge in [0.2, 0.25) is 0 Å². The summed E-state index contributed by atoms with van der Waals surface area (Å²) in [7, 11) is 0. The van der Waals surface area contributed by atoms with E-state index >= 15 is 0 Å². The molecule has 0 unspecified atom stereocenters. The van der Waals surface area contributed by atoms with Crippen LogP contribution in [0.15, 0.2) is 12.2 Å². The van der Waals surface area contributed by atoms with E-state index in [2.05, 4.69) is 0 Å². The lowest BCUT2D eigenvalue weighted by molar-refractivity contribution is -0.119. The Morgan fingerprint density at radius 1 is 1.60 bits per heavy atom. The highest BCUT2D eigenvalue weighted by Crippen LogP contribution is 2.47. The maximum atomic E-state index is 13.3. The zero-order valence-electron chi connectivity index (χ0n) is 5.59. The molecule has 0 saturated heterocycles. The number of halogens is 1. The van der Waals surface area contributed by atoms with Crippen LogP contribution in [0.5, 0.6) is 0 Å². The van der Waals surface area contributed by atoms with E-state index in [1.54, 1.807) is 0 Å². The quantitative estimate of drug-likeness (QED) is 0.398. The fourth-order valence-corrected chi connectivity index (χ4v) is 1.97. The molecule has 0 N–H and O–H groups in total. The van der Waals surface area contributed by atoms with Gasteiger partial charge in [0.25, 0.3) is 0 Å². The van der Waals surface area contributed by atoms with Crippen molar-refractivity contribution in [3.8, 4) is 0 Å². The van der Waals surface area contributed by atoms with Crippen molar-refractivity contribution >= 4 is 6.29 Å². The van der Waals surface area contributed by atoms with Crippen LogP contribution in [-0.2, 0) is 4.79 Å². The molecule has 54 valence electrons. The van der Waals surface area contributed by atoms with Gasteiger partial charge in [-0.25, -0.2) is 4.39 Å². The molecule has 0 aromatic carbocycles. The van der Waals surface area contributed by atoms with Crippen LogP contribution >= 0.6 is 0 Å². The van der Waals surface area contributed by atoms with Gasteiger partial charge in [-0.15, -0.1) is 0 Å². The third-order valence-corrected chi connectivity index (χ3v) is 2.56. The average Bonchev–Trinajstić information content (AvgIpc) is 2.46. The Morgan fingerprint density at radius 2 is 2.40 bits per heavy atom. The van der Waals surface area contributed by atoms with E-state index in [1.165, 1.54) is 0 Å². The van der Waals surface area contributed by atoms with E-state index in [0.717, 1.165) is 6.42 Å². The molecule has 2 bridgehead atoms. The van der Waals surface area contributed by atoms with Crippen LogP contribution in [0.1, 0.15) is 12.8 Å². The van der Waals surface area contributed by atoms with Gasteiger partial charge in [-0.3, -0.25) is 4.79 Å². The van der Waals surface area contributed by atoms with Crippen LogP contribution in [0.4, 0.5) is 4.39 Å². The highest BCUT2D eigenvalue weighted by atomic mass is 19.1. The first-order chi connectivity index (χ1) is 4.74. The van der Waals surface area contributed by atoms with E-state index in [1.807, 2.05) is 12.2 Å². The van der Waals surface area contributed by atoms with Gasteiger partial charge in [-0.2, -0.15) is 0 Å².